The van der Waals surface area contributed by atoms with E-state index in [9.17, 15) is 20.1 Å². The molecule has 1 aliphatic rings. The van der Waals surface area contributed by atoms with Crippen molar-refractivity contribution in [3.63, 3.8) is 0 Å². The van der Waals surface area contributed by atoms with Gasteiger partial charge in [0.15, 0.2) is 6.29 Å². The number of aryl methyl sites for hydroxylation is 1. The number of carbonyl (C=O) groups excluding carboxylic acids is 1. The minimum Gasteiger partial charge on any atom is -0.491 e. The first-order valence-electron chi connectivity index (χ1n) is 8.23. The van der Waals surface area contributed by atoms with E-state index in [-0.39, 0.29) is 13.2 Å². The van der Waals surface area contributed by atoms with Gasteiger partial charge in [0, 0.05) is 11.9 Å². The number of halogens is 1. The number of hydrogen-bond donors (Lipinski definition) is 4. The number of amides is 1. The van der Waals surface area contributed by atoms with Crippen LogP contribution in [0.2, 0.25) is 5.02 Å². The van der Waals surface area contributed by atoms with Gasteiger partial charge < -0.3 is 34.8 Å². The third kappa shape index (κ3) is 5.29. The van der Waals surface area contributed by atoms with Crippen LogP contribution >= 0.6 is 11.6 Å². The lowest BCUT2D eigenvalue weighted by Gasteiger charge is -2.42. The van der Waals surface area contributed by atoms with E-state index in [0.29, 0.717) is 10.8 Å². The van der Waals surface area contributed by atoms with Gasteiger partial charge >= 0.3 is 0 Å². The molecule has 1 aliphatic heterocycles. The predicted octanol–water partition coefficient (Wildman–Crippen LogP) is -0.0125. The summed E-state index contributed by atoms with van der Waals surface area (Å²) in [5.41, 5.74) is 0.876. The first kappa shape index (κ1) is 20.9. The second-order valence-corrected chi connectivity index (χ2v) is 6.50. The van der Waals surface area contributed by atoms with Crippen molar-refractivity contribution >= 4 is 17.5 Å². The Morgan fingerprint density at radius 1 is 1.31 bits per heavy atom. The van der Waals surface area contributed by atoms with Gasteiger partial charge in [-0.15, -0.1) is 0 Å². The maximum Gasteiger partial charge on any atom is 0.217 e. The van der Waals surface area contributed by atoms with Crippen molar-refractivity contribution in [2.24, 2.45) is 0 Å². The van der Waals surface area contributed by atoms with Gasteiger partial charge in [-0.05, 0) is 30.7 Å². The SMILES string of the molecule is CC(=O)N[C@@H]1[C@H](OCCOc2ccc(Cl)cc2C)O[C@H](CO)[C@H](O)[C@@H]1O. The number of hydrogen-bond acceptors (Lipinski definition) is 7. The van der Waals surface area contributed by atoms with Crippen LogP contribution in [0.1, 0.15) is 12.5 Å². The minimum absolute atomic E-state index is 0.101. The molecule has 2 rings (SSSR count). The van der Waals surface area contributed by atoms with Crippen LogP contribution in [0.4, 0.5) is 0 Å². The summed E-state index contributed by atoms with van der Waals surface area (Å²) in [6.07, 6.45) is -4.73. The highest BCUT2D eigenvalue weighted by Crippen LogP contribution is 2.23. The second-order valence-electron chi connectivity index (χ2n) is 6.06. The lowest BCUT2D eigenvalue weighted by atomic mass is 9.97. The Morgan fingerprint density at radius 2 is 2.04 bits per heavy atom. The average molecular weight is 390 g/mol. The standard InChI is InChI=1S/C17H24ClNO7/c1-9-7-11(18)3-4-12(9)24-5-6-25-17-14(19-10(2)21)16(23)15(22)13(8-20)26-17/h3-4,7,13-17,20,22-23H,5-6,8H2,1-2H3,(H,19,21)/t13-,14+,15+,16-,17-/m1/s1. The van der Waals surface area contributed by atoms with Gasteiger partial charge in [0.25, 0.3) is 0 Å². The maximum absolute atomic E-state index is 11.3. The van der Waals surface area contributed by atoms with Crippen LogP contribution in [-0.4, -0.2) is 71.7 Å². The number of aliphatic hydroxyl groups is 3. The Kier molecular flexibility index (Phi) is 7.63. The number of rotatable bonds is 7. The highest BCUT2D eigenvalue weighted by Gasteiger charge is 2.45. The van der Waals surface area contributed by atoms with Crippen molar-refractivity contribution < 1.29 is 34.3 Å². The Bertz CT molecular complexity index is 615. The average Bonchev–Trinajstić information content (AvgIpc) is 2.58. The smallest absolute Gasteiger partial charge is 0.217 e. The molecule has 0 radical (unpaired) electrons. The van der Waals surface area contributed by atoms with E-state index in [1.165, 1.54) is 6.92 Å². The van der Waals surface area contributed by atoms with E-state index in [0.717, 1.165) is 5.56 Å². The lowest BCUT2D eigenvalue weighted by Crippen LogP contribution is -2.64. The molecule has 9 heteroatoms. The van der Waals surface area contributed by atoms with Gasteiger partial charge in [-0.25, -0.2) is 0 Å². The molecule has 0 saturated carbocycles. The number of benzene rings is 1. The van der Waals surface area contributed by atoms with Crippen LogP contribution in [0, 0.1) is 6.92 Å². The van der Waals surface area contributed by atoms with Crippen molar-refractivity contribution in [2.75, 3.05) is 19.8 Å². The lowest BCUT2D eigenvalue weighted by molar-refractivity contribution is -0.271. The molecule has 4 N–H and O–H groups in total. The maximum atomic E-state index is 11.3. The molecule has 1 heterocycles. The summed E-state index contributed by atoms with van der Waals surface area (Å²) in [6, 6.07) is 4.27. The van der Waals surface area contributed by atoms with Gasteiger partial charge in [-0.1, -0.05) is 11.6 Å². The second kappa shape index (κ2) is 9.50. The molecule has 1 aromatic carbocycles. The fourth-order valence-corrected chi connectivity index (χ4v) is 2.93. The van der Waals surface area contributed by atoms with Crippen LogP contribution in [0.5, 0.6) is 5.75 Å². The molecule has 5 atom stereocenters. The summed E-state index contributed by atoms with van der Waals surface area (Å²) in [4.78, 5) is 11.3. The van der Waals surface area contributed by atoms with Gasteiger partial charge in [0.2, 0.25) is 5.91 Å². The zero-order chi connectivity index (χ0) is 19.3. The van der Waals surface area contributed by atoms with Crippen LogP contribution in [-0.2, 0) is 14.3 Å². The van der Waals surface area contributed by atoms with E-state index in [1.807, 2.05) is 6.92 Å². The molecule has 1 amide bonds. The molecule has 0 aliphatic carbocycles. The summed E-state index contributed by atoms with van der Waals surface area (Å²) in [5, 5.41) is 32.5. The Balaban J connectivity index is 1.92. The minimum atomic E-state index is -1.34. The van der Waals surface area contributed by atoms with E-state index >= 15 is 0 Å². The topological polar surface area (TPSA) is 117 Å². The molecule has 1 aromatic rings. The van der Waals surface area contributed by atoms with E-state index < -0.39 is 43.2 Å². The van der Waals surface area contributed by atoms with Gasteiger partial charge in [0.1, 0.15) is 36.7 Å². The Hall–Kier alpha value is -1.42. The predicted molar refractivity (Wildman–Crippen MR) is 93.0 cm³/mol. The van der Waals surface area contributed by atoms with Gasteiger partial charge in [-0.3, -0.25) is 4.79 Å². The molecule has 0 bridgehead atoms. The number of aliphatic hydroxyl groups excluding tert-OH is 3. The Labute approximate surface area is 156 Å². The third-order valence-corrected chi connectivity index (χ3v) is 4.25. The largest absolute Gasteiger partial charge is 0.491 e. The van der Waals surface area contributed by atoms with Crippen molar-refractivity contribution in [3.05, 3.63) is 28.8 Å². The summed E-state index contributed by atoms with van der Waals surface area (Å²) in [6.45, 7) is 2.94. The van der Waals surface area contributed by atoms with E-state index in [2.05, 4.69) is 5.32 Å². The molecular formula is C17H24ClNO7. The summed E-state index contributed by atoms with van der Waals surface area (Å²) in [7, 11) is 0. The summed E-state index contributed by atoms with van der Waals surface area (Å²) >= 11 is 5.89. The molecule has 8 nitrogen and oxygen atoms in total. The number of ether oxygens (including phenoxy) is 3. The van der Waals surface area contributed by atoms with Crippen LogP contribution < -0.4 is 10.1 Å². The Morgan fingerprint density at radius 3 is 2.65 bits per heavy atom. The number of carbonyl (C=O) groups is 1. The molecule has 1 saturated heterocycles. The third-order valence-electron chi connectivity index (χ3n) is 4.01. The monoisotopic (exact) mass is 389 g/mol. The summed E-state index contributed by atoms with van der Waals surface area (Å²) < 4.78 is 16.6. The van der Waals surface area contributed by atoms with Crippen molar-refractivity contribution in [1.82, 2.24) is 5.32 Å². The first-order valence-corrected chi connectivity index (χ1v) is 8.61. The van der Waals surface area contributed by atoms with E-state index in [4.69, 9.17) is 25.8 Å². The van der Waals surface area contributed by atoms with Gasteiger partial charge in [-0.2, -0.15) is 0 Å². The summed E-state index contributed by atoms with van der Waals surface area (Å²) in [5.74, 6) is 0.249. The molecule has 0 spiro atoms. The van der Waals surface area contributed by atoms with Crippen molar-refractivity contribution in [2.45, 2.75) is 44.5 Å². The van der Waals surface area contributed by atoms with Crippen molar-refractivity contribution in [3.8, 4) is 5.75 Å². The zero-order valence-electron chi connectivity index (χ0n) is 14.6. The van der Waals surface area contributed by atoms with Crippen LogP contribution in [0.25, 0.3) is 0 Å². The fraction of sp³-hybridized carbons (Fsp3) is 0.588. The molecule has 26 heavy (non-hydrogen) atoms. The van der Waals surface area contributed by atoms with Crippen LogP contribution in [0.15, 0.2) is 18.2 Å². The van der Waals surface area contributed by atoms with Crippen LogP contribution in [0.3, 0.4) is 0 Å². The molecule has 146 valence electrons. The molecule has 0 unspecified atom stereocenters. The normalized spacial score (nSPS) is 28.6. The number of nitrogens with one attached hydrogen (secondary N) is 1. The van der Waals surface area contributed by atoms with Gasteiger partial charge in [0.05, 0.1) is 13.2 Å². The molecular weight excluding hydrogens is 366 g/mol. The molecule has 1 fully saturated rings. The highest BCUT2D eigenvalue weighted by atomic mass is 35.5. The quantitative estimate of drug-likeness (QED) is 0.484. The highest BCUT2D eigenvalue weighted by molar-refractivity contribution is 6.30. The zero-order valence-corrected chi connectivity index (χ0v) is 15.3. The fourth-order valence-electron chi connectivity index (χ4n) is 2.70. The first-order chi connectivity index (χ1) is 12.3. The molecule has 0 aromatic heterocycles. The van der Waals surface area contributed by atoms with Crippen molar-refractivity contribution in [1.29, 1.82) is 0 Å². The van der Waals surface area contributed by atoms with E-state index in [1.54, 1.807) is 18.2 Å².